The van der Waals surface area contributed by atoms with Crippen LogP contribution in [0.1, 0.15) is 43.0 Å². The Labute approximate surface area is 141 Å². The number of hydrogen-bond donors (Lipinski definition) is 0. The summed E-state index contributed by atoms with van der Waals surface area (Å²) in [4.78, 5) is 28.8. The third-order valence-corrected chi connectivity index (χ3v) is 5.18. The van der Waals surface area contributed by atoms with Gasteiger partial charge in [-0.15, -0.1) is 0 Å². The molecule has 0 saturated carbocycles. The van der Waals surface area contributed by atoms with Gasteiger partial charge in [-0.2, -0.15) is 0 Å². The SMILES string of the molecule is CC[C@@H]1CCCCN1CN1C(=O)C(=O)c2cc3c(cc21)OCCO3. The van der Waals surface area contributed by atoms with Crippen molar-refractivity contribution in [2.24, 2.45) is 0 Å². The number of hydrogen-bond acceptors (Lipinski definition) is 5. The van der Waals surface area contributed by atoms with E-state index >= 15 is 0 Å². The van der Waals surface area contributed by atoms with E-state index in [9.17, 15) is 9.59 Å². The molecular formula is C18H22N2O4. The maximum Gasteiger partial charge on any atom is 0.300 e. The fourth-order valence-corrected chi connectivity index (χ4v) is 3.86. The third-order valence-electron chi connectivity index (χ3n) is 5.18. The van der Waals surface area contributed by atoms with E-state index < -0.39 is 11.7 Å². The highest BCUT2D eigenvalue weighted by Crippen LogP contribution is 2.40. The van der Waals surface area contributed by atoms with E-state index in [1.165, 1.54) is 6.42 Å². The predicted octanol–water partition coefficient (Wildman–Crippen LogP) is 2.21. The molecule has 128 valence electrons. The van der Waals surface area contributed by atoms with Gasteiger partial charge in [0, 0.05) is 18.7 Å². The number of carbonyl (C=O) groups is 2. The van der Waals surface area contributed by atoms with Crippen LogP contribution in [0.25, 0.3) is 0 Å². The Morgan fingerprint density at radius 2 is 1.88 bits per heavy atom. The Hall–Kier alpha value is -2.08. The largest absolute Gasteiger partial charge is 0.486 e. The number of ether oxygens (including phenoxy) is 2. The molecule has 0 N–H and O–H groups in total. The minimum absolute atomic E-state index is 0.425. The zero-order valence-corrected chi connectivity index (χ0v) is 13.9. The van der Waals surface area contributed by atoms with Crippen molar-refractivity contribution in [2.75, 3.05) is 31.3 Å². The van der Waals surface area contributed by atoms with Gasteiger partial charge in [-0.1, -0.05) is 13.3 Å². The van der Waals surface area contributed by atoms with E-state index in [0.29, 0.717) is 48.7 Å². The van der Waals surface area contributed by atoms with Crippen molar-refractivity contribution in [2.45, 2.75) is 38.6 Å². The van der Waals surface area contributed by atoms with E-state index in [-0.39, 0.29) is 0 Å². The number of rotatable bonds is 3. The first-order valence-electron chi connectivity index (χ1n) is 8.73. The molecule has 1 atom stereocenters. The molecule has 1 saturated heterocycles. The third kappa shape index (κ3) is 2.45. The van der Waals surface area contributed by atoms with Crippen molar-refractivity contribution in [3.05, 3.63) is 17.7 Å². The lowest BCUT2D eigenvalue weighted by atomic mass is 10.0. The van der Waals surface area contributed by atoms with Crippen molar-refractivity contribution in [3.8, 4) is 11.5 Å². The van der Waals surface area contributed by atoms with E-state index in [0.717, 1.165) is 25.8 Å². The molecule has 4 rings (SSSR count). The summed E-state index contributed by atoms with van der Waals surface area (Å²) in [6.45, 7) is 4.56. The number of piperidine rings is 1. The molecule has 24 heavy (non-hydrogen) atoms. The van der Waals surface area contributed by atoms with Crippen LogP contribution in [0.4, 0.5) is 5.69 Å². The van der Waals surface area contributed by atoms with E-state index in [1.54, 1.807) is 17.0 Å². The van der Waals surface area contributed by atoms with Gasteiger partial charge in [-0.05, 0) is 25.3 Å². The van der Waals surface area contributed by atoms with E-state index in [1.807, 2.05) is 0 Å². The number of amides is 1. The molecule has 3 heterocycles. The van der Waals surface area contributed by atoms with Crippen LogP contribution in [-0.4, -0.2) is 49.1 Å². The summed E-state index contributed by atoms with van der Waals surface area (Å²) in [6.07, 6.45) is 4.59. The first-order valence-corrected chi connectivity index (χ1v) is 8.73. The van der Waals surface area contributed by atoms with Crippen molar-refractivity contribution < 1.29 is 19.1 Å². The van der Waals surface area contributed by atoms with Gasteiger partial charge >= 0.3 is 5.91 Å². The van der Waals surface area contributed by atoms with Gasteiger partial charge in [0.2, 0.25) is 0 Å². The number of carbonyl (C=O) groups excluding carboxylic acids is 2. The van der Waals surface area contributed by atoms with Gasteiger partial charge in [-0.25, -0.2) is 0 Å². The van der Waals surface area contributed by atoms with Crippen molar-refractivity contribution in [1.82, 2.24) is 4.90 Å². The van der Waals surface area contributed by atoms with Crippen LogP contribution in [-0.2, 0) is 4.79 Å². The highest BCUT2D eigenvalue weighted by molar-refractivity contribution is 6.52. The van der Waals surface area contributed by atoms with Gasteiger partial charge in [0.15, 0.2) is 11.5 Å². The predicted molar refractivity (Wildman–Crippen MR) is 88.8 cm³/mol. The number of likely N-dealkylation sites (tertiary alicyclic amines) is 1. The molecule has 0 aliphatic carbocycles. The molecule has 1 fully saturated rings. The summed E-state index contributed by atoms with van der Waals surface area (Å²) in [5.41, 5.74) is 1.07. The minimum Gasteiger partial charge on any atom is -0.486 e. The highest BCUT2D eigenvalue weighted by atomic mass is 16.6. The van der Waals surface area contributed by atoms with Gasteiger partial charge in [-0.3, -0.25) is 19.4 Å². The Morgan fingerprint density at radius 3 is 2.62 bits per heavy atom. The van der Waals surface area contributed by atoms with Crippen molar-refractivity contribution >= 4 is 17.4 Å². The summed E-state index contributed by atoms with van der Waals surface area (Å²) >= 11 is 0. The second kappa shape index (κ2) is 6.09. The monoisotopic (exact) mass is 330 g/mol. The van der Waals surface area contributed by atoms with E-state index in [4.69, 9.17) is 9.47 Å². The highest BCUT2D eigenvalue weighted by Gasteiger charge is 2.39. The summed E-state index contributed by atoms with van der Waals surface area (Å²) < 4.78 is 11.1. The molecule has 0 spiro atoms. The van der Waals surface area contributed by atoms with Crippen LogP contribution >= 0.6 is 0 Å². The molecule has 1 aromatic carbocycles. The van der Waals surface area contributed by atoms with Crippen LogP contribution in [0.15, 0.2) is 12.1 Å². The minimum atomic E-state index is -0.452. The topological polar surface area (TPSA) is 59.1 Å². The fourth-order valence-electron chi connectivity index (χ4n) is 3.86. The molecule has 0 unspecified atom stereocenters. The smallest absolute Gasteiger partial charge is 0.300 e. The van der Waals surface area contributed by atoms with Crippen LogP contribution in [0.5, 0.6) is 11.5 Å². The average Bonchev–Trinajstić information content (AvgIpc) is 2.85. The number of ketones is 1. The number of fused-ring (bicyclic) bond motifs is 2. The van der Waals surface area contributed by atoms with Crippen LogP contribution in [0, 0.1) is 0 Å². The maximum absolute atomic E-state index is 12.5. The lowest BCUT2D eigenvalue weighted by Gasteiger charge is -2.37. The Balaban J connectivity index is 1.65. The molecular weight excluding hydrogens is 308 g/mol. The maximum atomic E-state index is 12.5. The lowest BCUT2D eigenvalue weighted by molar-refractivity contribution is -0.114. The van der Waals surface area contributed by atoms with Crippen molar-refractivity contribution in [1.29, 1.82) is 0 Å². The Morgan fingerprint density at radius 1 is 1.12 bits per heavy atom. The molecule has 0 radical (unpaired) electrons. The summed E-state index contributed by atoms with van der Waals surface area (Å²) in [6, 6.07) is 3.90. The molecule has 0 bridgehead atoms. The number of anilines is 1. The first kappa shape index (κ1) is 15.4. The zero-order valence-electron chi connectivity index (χ0n) is 13.9. The van der Waals surface area contributed by atoms with Gasteiger partial charge in [0.25, 0.3) is 5.78 Å². The Kier molecular flexibility index (Phi) is 3.92. The van der Waals surface area contributed by atoms with Crippen molar-refractivity contribution in [3.63, 3.8) is 0 Å². The van der Waals surface area contributed by atoms with E-state index in [2.05, 4.69) is 11.8 Å². The molecule has 0 aromatic heterocycles. The Bertz CT molecular complexity index is 688. The number of nitrogens with zero attached hydrogens (tertiary/aromatic N) is 2. The number of benzene rings is 1. The quantitative estimate of drug-likeness (QED) is 0.795. The zero-order chi connectivity index (χ0) is 16.7. The van der Waals surface area contributed by atoms with Gasteiger partial charge in [0.05, 0.1) is 17.9 Å². The molecule has 6 heteroatoms. The van der Waals surface area contributed by atoms with Crippen LogP contribution in [0.2, 0.25) is 0 Å². The fraction of sp³-hybridized carbons (Fsp3) is 0.556. The number of Topliss-reactive ketones (excluding diaryl/α,β-unsaturated/α-hetero) is 1. The average molecular weight is 330 g/mol. The molecule has 3 aliphatic rings. The van der Waals surface area contributed by atoms with Gasteiger partial charge in [0.1, 0.15) is 13.2 Å². The summed E-state index contributed by atoms with van der Waals surface area (Å²) in [5, 5.41) is 0. The molecule has 1 aromatic rings. The second-order valence-electron chi connectivity index (χ2n) is 6.59. The van der Waals surface area contributed by atoms with Gasteiger partial charge < -0.3 is 9.47 Å². The summed E-state index contributed by atoms with van der Waals surface area (Å²) in [7, 11) is 0. The first-order chi connectivity index (χ1) is 11.7. The molecule has 6 nitrogen and oxygen atoms in total. The molecule has 3 aliphatic heterocycles. The second-order valence-corrected chi connectivity index (χ2v) is 6.59. The van der Waals surface area contributed by atoms with Crippen LogP contribution < -0.4 is 14.4 Å². The van der Waals surface area contributed by atoms with Crippen LogP contribution in [0.3, 0.4) is 0 Å². The normalized spacial score (nSPS) is 23.5. The summed E-state index contributed by atoms with van der Waals surface area (Å²) in [5.74, 6) is 0.255. The standard InChI is InChI=1S/C18H22N2O4/c1-2-12-5-3-4-6-19(12)11-20-14-10-16-15(23-7-8-24-16)9-13(14)17(21)18(20)22/h9-10,12H,2-8,11H2,1H3/t12-/m1/s1. The molecule has 1 amide bonds. The lowest BCUT2D eigenvalue weighted by Crippen LogP contribution is -2.47.